The number of carboxylic acids is 1. The van der Waals surface area contributed by atoms with Gasteiger partial charge in [-0.2, -0.15) is 0 Å². The molecule has 7 nitrogen and oxygen atoms in total. The maximum absolute atomic E-state index is 11.9. The van der Waals surface area contributed by atoms with E-state index in [0.717, 1.165) is 35.0 Å². The number of hydrogen-bond donors (Lipinski definition) is 1. The molecule has 3 rings (SSSR count). The van der Waals surface area contributed by atoms with Crippen molar-refractivity contribution in [3.8, 4) is 5.75 Å². The molecular formula is C27H35NO6S. The summed E-state index contributed by atoms with van der Waals surface area (Å²) >= 11 is 1.67. The van der Waals surface area contributed by atoms with E-state index in [-0.39, 0.29) is 12.0 Å². The molecule has 0 aromatic heterocycles. The minimum Gasteiger partial charge on any atom is -0.478 e. The number of benzene rings is 2. The van der Waals surface area contributed by atoms with Gasteiger partial charge in [0, 0.05) is 29.5 Å². The lowest BCUT2D eigenvalue weighted by Gasteiger charge is -2.25. The molecule has 1 atom stereocenters. The summed E-state index contributed by atoms with van der Waals surface area (Å²) in [6.07, 6.45) is 3.49. The number of hydrogen-bond acceptors (Lipinski definition) is 6. The number of rotatable bonds is 7. The molecular weight excluding hydrogens is 466 g/mol. The maximum atomic E-state index is 11.9. The van der Waals surface area contributed by atoms with Crippen LogP contribution < -0.4 is 4.74 Å². The van der Waals surface area contributed by atoms with Crippen molar-refractivity contribution in [2.24, 2.45) is 0 Å². The number of thioether (sulfide) groups is 1. The Bertz CT molecular complexity index is 1010. The van der Waals surface area contributed by atoms with Gasteiger partial charge in [-0.15, -0.1) is 11.8 Å². The highest BCUT2D eigenvalue weighted by Crippen LogP contribution is 2.34. The summed E-state index contributed by atoms with van der Waals surface area (Å²) in [6.45, 7) is 10.4. The molecule has 1 aliphatic rings. The van der Waals surface area contributed by atoms with E-state index in [1.807, 2.05) is 56.5 Å². The molecule has 35 heavy (non-hydrogen) atoms. The predicted octanol–water partition coefficient (Wildman–Crippen LogP) is 5.71. The van der Waals surface area contributed by atoms with E-state index in [1.165, 1.54) is 18.7 Å². The summed E-state index contributed by atoms with van der Waals surface area (Å²) < 4.78 is 10.8. The van der Waals surface area contributed by atoms with Crippen LogP contribution in [0.2, 0.25) is 0 Å². The SMILES string of the molecule is CCOC(=O)N1CCC(c2cc(C)c(OC(C)(C)C(=O)O)c(C)c2)C1.CSc1ccc(C=O)cc1. The second kappa shape index (κ2) is 12.6. The second-order valence-electron chi connectivity index (χ2n) is 8.92. The number of aldehydes is 1. The molecule has 0 aliphatic carbocycles. The number of aryl methyl sites for hydroxylation is 2. The lowest BCUT2D eigenvalue weighted by atomic mass is 9.94. The van der Waals surface area contributed by atoms with Gasteiger partial charge in [-0.05, 0) is 76.1 Å². The summed E-state index contributed by atoms with van der Waals surface area (Å²) in [4.78, 5) is 36.3. The lowest BCUT2D eigenvalue weighted by Crippen LogP contribution is -2.38. The van der Waals surface area contributed by atoms with E-state index < -0.39 is 11.6 Å². The van der Waals surface area contributed by atoms with Crippen LogP contribution in [0.5, 0.6) is 5.75 Å². The molecule has 0 spiro atoms. The third kappa shape index (κ3) is 7.75. The fraction of sp³-hybridized carbons (Fsp3) is 0.444. The van der Waals surface area contributed by atoms with Crippen molar-refractivity contribution in [2.75, 3.05) is 26.0 Å². The van der Waals surface area contributed by atoms with Gasteiger partial charge in [0.2, 0.25) is 0 Å². The van der Waals surface area contributed by atoms with Crippen molar-refractivity contribution in [3.63, 3.8) is 0 Å². The summed E-state index contributed by atoms with van der Waals surface area (Å²) in [5.74, 6) is -0.143. The average molecular weight is 502 g/mol. The van der Waals surface area contributed by atoms with Crippen LogP contribution in [0.15, 0.2) is 41.3 Å². The fourth-order valence-corrected chi connectivity index (χ4v) is 4.18. The van der Waals surface area contributed by atoms with Crippen molar-refractivity contribution < 1.29 is 29.0 Å². The standard InChI is InChI=1S/C19H27NO5.C8H8OS/c1-6-24-18(23)20-8-7-14(11-20)15-9-12(2)16(13(3)10-15)25-19(4,5)17(21)22;1-10-8-4-2-7(6-9)3-5-8/h9-10,14H,6-8,11H2,1-5H3,(H,21,22);2-6H,1H3. The number of carbonyl (C=O) groups is 3. The van der Waals surface area contributed by atoms with Gasteiger partial charge in [-0.1, -0.05) is 24.3 Å². The zero-order chi connectivity index (χ0) is 26.2. The number of aliphatic carboxylic acids is 1. The Morgan fingerprint density at radius 1 is 1.17 bits per heavy atom. The van der Waals surface area contributed by atoms with Gasteiger partial charge >= 0.3 is 12.1 Å². The van der Waals surface area contributed by atoms with Crippen LogP contribution in [0.3, 0.4) is 0 Å². The van der Waals surface area contributed by atoms with E-state index >= 15 is 0 Å². The molecule has 2 aromatic carbocycles. The smallest absolute Gasteiger partial charge is 0.409 e. The van der Waals surface area contributed by atoms with Crippen LogP contribution in [0.25, 0.3) is 0 Å². The van der Waals surface area contributed by atoms with Crippen molar-refractivity contribution in [1.29, 1.82) is 0 Å². The number of carbonyl (C=O) groups excluding carboxylic acids is 2. The third-order valence-corrected chi connectivity index (χ3v) is 6.54. The molecule has 0 saturated carbocycles. The zero-order valence-electron chi connectivity index (χ0n) is 21.3. The molecule has 0 radical (unpaired) electrons. The monoisotopic (exact) mass is 501 g/mol. The summed E-state index contributed by atoms with van der Waals surface area (Å²) in [6, 6.07) is 11.6. The highest BCUT2D eigenvalue weighted by Gasteiger charge is 2.32. The third-order valence-electron chi connectivity index (χ3n) is 5.79. The topological polar surface area (TPSA) is 93.1 Å². The van der Waals surface area contributed by atoms with Crippen molar-refractivity contribution in [3.05, 3.63) is 58.7 Å². The van der Waals surface area contributed by atoms with Gasteiger partial charge in [0.1, 0.15) is 12.0 Å². The quantitative estimate of drug-likeness (QED) is 0.383. The first-order chi connectivity index (χ1) is 16.5. The Hall–Kier alpha value is -3.00. The maximum Gasteiger partial charge on any atom is 0.409 e. The molecule has 1 N–H and O–H groups in total. The molecule has 1 fully saturated rings. The Morgan fingerprint density at radius 2 is 1.77 bits per heavy atom. The number of likely N-dealkylation sites (tertiary alicyclic amines) is 1. The minimum absolute atomic E-state index is 0.253. The van der Waals surface area contributed by atoms with E-state index in [0.29, 0.717) is 25.4 Å². The number of carboxylic acid groups (broad SMARTS) is 1. The first-order valence-electron chi connectivity index (χ1n) is 11.6. The number of ether oxygens (including phenoxy) is 2. The molecule has 8 heteroatoms. The van der Waals surface area contributed by atoms with Gasteiger partial charge in [0.15, 0.2) is 5.60 Å². The van der Waals surface area contributed by atoms with E-state index in [2.05, 4.69) is 0 Å². The van der Waals surface area contributed by atoms with Crippen LogP contribution in [-0.4, -0.2) is 59.9 Å². The van der Waals surface area contributed by atoms with Gasteiger partial charge in [-0.3, -0.25) is 4.79 Å². The van der Waals surface area contributed by atoms with Crippen molar-refractivity contribution >= 4 is 30.1 Å². The molecule has 1 unspecified atom stereocenters. The van der Waals surface area contributed by atoms with Crippen LogP contribution in [0, 0.1) is 13.8 Å². The van der Waals surface area contributed by atoms with E-state index in [1.54, 1.807) is 23.6 Å². The predicted molar refractivity (Wildman–Crippen MR) is 138 cm³/mol. The highest BCUT2D eigenvalue weighted by atomic mass is 32.2. The van der Waals surface area contributed by atoms with Crippen molar-refractivity contribution in [2.45, 2.75) is 57.5 Å². The molecule has 190 valence electrons. The van der Waals surface area contributed by atoms with E-state index in [4.69, 9.17) is 9.47 Å². The number of amides is 1. The largest absolute Gasteiger partial charge is 0.478 e. The molecule has 0 bridgehead atoms. The number of nitrogens with zero attached hydrogens (tertiary/aromatic N) is 1. The minimum atomic E-state index is -1.29. The first kappa shape index (κ1) is 28.2. The Morgan fingerprint density at radius 3 is 2.26 bits per heavy atom. The Labute approximate surface area is 211 Å². The summed E-state index contributed by atoms with van der Waals surface area (Å²) in [5, 5.41) is 9.26. The van der Waals surface area contributed by atoms with Gasteiger partial charge in [0.05, 0.1) is 6.61 Å². The molecule has 1 amide bonds. The lowest BCUT2D eigenvalue weighted by molar-refractivity contribution is -0.152. The molecule has 1 heterocycles. The molecule has 1 aliphatic heterocycles. The van der Waals surface area contributed by atoms with Crippen LogP contribution in [0.4, 0.5) is 4.79 Å². The van der Waals surface area contributed by atoms with Crippen LogP contribution in [-0.2, 0) is 9.53 Å². The van der Waals surface area contributed by atoms with Gasteiger partial charge < -0.3 is 19.5 Å². The fourth-order valence-electron chi connectivity index (χ4n) is 3.77. The van der Waals surface area contributed by atoms with Crippen molar-refractivity contribution in [1.82, 2.24) is 4.90 Å². The molecule has 2 aromatic rings. The summed E-state index contributed by atoms with van der Waals surface area (Å²) in [5.41, 5.74) is 2.39. The Kier molecular flexibility index (Phi) is 10.2. The van der Waals surface area contributed by atoms with Crippen LogP contribution in [0.1, 0.15) is 60.2 Å². The van der Waals surface area contributed by atoms with Gasteiger partial charge in [-0.25, -0.2) is 9.59 Å². The molecule has 1 saturated heterocycles. The zero-order valence-corrected chi connectivity index (χ0v) is 22.1. The first-order valence-corrected chi connectivity index (χ1v) is 12.8. The average Bonchev–Trinajstić information content (AvgIpc) is 3.32. The van der Waals surface area contributed by atoms with E-state index in [9.17, 15) is 19.5 Å². The highest BCUT2D eigenvalue weighted by molar-refractivity contribution is 7.98. The normalized spacial score (nSPS) is 15.1. The Balaban J connectivity index is 0.000000360. The summed E-state index contributed by atoms with van der Waals surface area (Å²) in [7, 11) is 0. The van der Waals surface area contributed by atoms with Crippen LogP contribution >= 0.6 is 11.8 Å². The second-order valence-corrected chi connectivity index (χ2v) is 9.80. The van der Waals surface area contributed by atoms with Gasteiger partial charge in [0.25, 0.3) is 0 Å².